The van der Waals surface area contributed by atoms with Gasteiger partial charge in [-0.1, -0.05) is 26.2 Å². The third-order valence-corrected chi connectivity index (χ3v) is 5.06. The van der Waals surface area contributed by atoms with Gasteiger partial charge in [-0.3, -0.25) is 4.79 Å². The molecular formula is C15H26N2O4. The van der Waals surface area contributed by atoms with Crippen LogP contribution in [-0.4, -0.2) is 42.9 Å². The van der Waals surface area contributed by atoms with E-state index in [1.165, 1.54) is 19.3 Å². The lowest BCUT2D eigenvalue weighted by Crippen LogP contribution is -2.53. The van der Waals surface area contributed by atoms with Gasteiger partial charge in [-0.15, -0.1) is 0 Å². The molecule has 6 heteroatoms. The van der Waals surface area contributed by atoms with Crippen molar-refractivity contribution in [2.45, 2.75) is 45.6 Å². The van der Waals surface area contributed by atoms with Crippen molar-refractivity contribution in [3.63, 3.8) is 0 Å². The van der Waals surface area contributed by atoms with E-state index in [4.69, 9.17) is 4.74 Å². The van der Waals surface area contributed by atoms with Crippen LogP contribution in [-0.2, 0) is 9.53 Å². The molecule has 0 bridgehead atoms. The molecule has 4 atom stereocenters. The minimum atomic E-state index is -1.05. The number of nitrogens with one attached hydrogen (secondary N) is 2. The highest BCUT2D eigenvalue weighted by Gasteiger charge is 2.47. The van der Waals surface area contributed by atoms with Crippen LogP contribution in [0.4, 0.5) is 4.79 Å². The van der Waals surface area contributed by atoms with Gasteiger partial charge in [0.1, 0.15) is 5.41 Å². The van der Waals surface area contributed by atoms with Crippen molar-refractivity contribution in [2.24, 2.45) is 17.3 Å². The summed E-state index contributed by atoms with van der Waals surface area (Å²) in [5, 5.41) is 14.9. The van der Waals surface area contributed by atoms with Crippen LogP contribution in [0.2, 0.25) is 0 Å². The molecule has 0 aromatic carbocycles. The van der Waals surface area contributed by atoms with E-state index in [-0.39, 0.29) is 19.2 Å². The maximum Gasteiger partial charge on any atom is 0.315 e. The Hall–Kier alpha value is -1.30. The first-order valence-electron chi connectivity index (χ1n) is 7.79. The topological polar surface area (TPSA) is 87.7 Å². The van der Waals surface area contributed by atoms with Crippen LogP contribution in [0.5, 0.6) is 0 Å². The molecule has 4 unspecified atom stereocenters. The van der Waals surface area contributed by atoms with Crippen LogP contribution in [0.1, 0.15) is 39.5 Å². The zero-order chi connectivity index (χ0) is 15.5. The molecule has 1 saturated carbocycles. The molecule has 6 nitrogen and oxygen atoms in total. The number of carbonyl (C=O) groups excluding carboxylic acids is 1. The number of urea groups is 1. The number of rotatable bonds is 4. The first-order valence-corrected chi connectivity index (χ1v) is 7.79. The van der Waals surface area contributed by atoms with Gasteiger partial charge in [0, 0.05) is 6.54 Å². The van der Waals surface area contributed by atoms with Crippen LogP contribution in [0.15, 0.2) is 0 Å². The fourth-order valence-electron chi connectivity index (χ4n) is 3.21. The van der Waals surface area contributed by atoms with Crippen LogP contribution >= 0.6 is 0 Å². The number of aliphatic carboxylic acids is 1. The first kappa shape index (κ1) is 16.1. The van der Waals surface area contributed by atoms with Crippen molar-refractivity contribution >= 4 is 12.0 Å². The first-order chi connectivity index (χ1) is 9.93. The molecule has 1 aliphatic heterocycles. The molecule has 2 rings (SSSR count). The second-order valence-electron chi connectivity index (χ2n) is 6.67. The highest BCUT2D eigenvalue weighted by molar-refractivity contribution is 5.79. The fraction of sp³-hybridized carbons (Fsp3) is 0.867. The quantitative estimate of drug-likeness (QED) is 0.735. The van der Waals surface area contributed by atoms with Crippen molar-refractivity contribution in [1.82, 2.24) is 10.6 Å². The number of hydrogen-bond acceptors (Lipinski definition) is 3. The van der Waals surface area contributed by atoms with Crippen molar-refractivity contribution in [3.05, 3.63) is 0 Å². The molecule has 2 aliphatic rings. The smallest absolute Gasteiger partial charge is 0.315 e. The standard InChI is InChI=1S/C15H26N2O4/c1-10-5-3-4-6-11(10)7-16-14(20)17-12-8-21-9-15(12,2)13(18)19/h10-12H,3-9H2,1-2H3,(H,18,19)(H2,16,17,20). The molecule has 0 spiro atoms. The van der Waals surface area contributed by atoms with E-state index in [1.54, 1.807) is 6.92 Å². The Bertz CT molecular complexity index is 401. The minimum Gasteiger partial charge on any atom is -0.481 e. The number of amides is 2. The van der Waals surface area contributed by atoms with Gasteiger partial charge in [0.2, 0.25) is 0 Å². The van der Waals surface area contributed by atoms with Crippen LogP contribution in [0.25, 0.3) is 0 Å². The van der Waals surface area contributed by atoms with Crippen molar-refractivity contribution < 1.29 is 19.4 Å². The SMILES string of the molecule is CC1CCCCC1CNC(=O)NC1COCC1(C)C(=O)O. The Morgan fingerprint density at radius 2 is 2.05 bits per heavy atom. The lowest BCUT2D eigenvalue weighted by molar-refractivity contribution is -0.148. The molecule has 1 heterocycles. The van der Waals surface area contributed by atoms with Crippen LogP contribution in [0, 0.1) is 17.3 Å². The van der Waals surface area contributed by atoms with Gasteiger partial charge in [-0.2, -0.15) is 0 Å². The summed E-state index contributed by atoms with van der Waals surface area (Å²) in [6.07, 6.45) is 4.88. The molecule has 0 aromatic rings. The molecule has 21 heavy (non-hydrogen) atoms. The van der Waals surface area contributed by atoms with Gasteiger partial charge in [-0.05, 0) is 25.2 Å². The number of carboxylic acids is 1. The van der Waals surface area contributed by atoms with Gasteiger partial charge in [0.15, 0.2) is 0 Å². The van der Waals surface area contributed by atoms with E-state index in [9.17, 15) is 14.7 Å². The van der Waals surface area contributed by atoms with Crippen LogP contribution < -0.4 is 10.6 Å². The second kappa shape index (κ2) is 6.64. The molecule has 120 valence electrons. The van der Waals surface area contributed by atoms with Crippen molar-refractivity contribution in [2.75, 3.05) is 19.8 Å². The zero-order valence-corrected chi connectivity index (χ0v) is 12.9. The molecule has 3 N–H and O–H groups in total. The third-order valence-electron chi connectivity index (χ3n) is 5.06. The summed E-state index contributed by atoms with van der Waals surface area (Å²) >= 11 is 0. The lowest BCUT2D eigenvalue weighted by Gasteiger charge is -2.30. The Morgan fingerprint density at radius 3 is 2.71 bits per heavy atom. The summed E-state index contributed by atoms with van der Waals surface area (Å²) in [6.45, 7) is 4.87. The molecule has 0 aromatic heterocycles. The molecule has 0 radical (unpaired) electrons. The maximum absolute atomic E-state index is 12.0. The summed E-state index contributed by atoms with van der Waals surface area (Å²) in [7, 11) is 0. The highest BCUT2D eigenvalue weighted by atomic mass is 16.5. The van der Waals surface area contributed by atoms with Gasteiger partial charge in [0.05, 0.1) is 19.3 Å². The summed E-state index contributed by atoms with van der Waals surface area (Å²) < 4.78 is 5.22. The average molecular weight is 298 g/mol. The van der Waals surface area contributed by atoms with E-state index in [2.05, 4.69) is 17.6 Å². The Balaban J connectivity index is 1.80. The van der Waals surface area contributed by atoms with E-state index in [0.29, 0.717) is 18.4 Å². The molecular weight excluding hydrogens is 272 g/mol. The average Bonchev–Trinajstić information content (AvgIpc) is 2.81. The molecule has 1 saturated heterocycles. The van der Waals surface area contributed by atoms with Gasteiger partial charge < -0.3 is 20.5 Å². The highest BCUT2D eigenvalue weighted by Crippen LogP contribution is 2.30. The summed E-state index contributed by atoms with van der Waals surface area (Å²) in [6, 6.07) is -0.783. The van der Waals surface area contributed by atoms with Crippen LogP contribution in [0.3, 0.4) is 0 Å². The number of ether oxygens (including phenoxy) is 1. The van der Waals surface area contributed by atoms with E-state index >= 15 is 0 Å². The Labute approximate surface area is 125 Å². The normalized spacial score (nSPS) is 36.2. The predicted molar refractivity (Wildman–Crippen MR) is 78.0 cm³/mol. The van der Waals surface area contributed by atoms with E-state index < -0.39 is 17.4 Å². The summed E-state index contributed by atoms with van der Waals surface area (Å²) in [5.74, 6) is 0.222. The van der Waals surface area contributed by atoms with Crippen molar-refractivity contribution in [3.8, 4) is 0 Å². The number of carbonyl (C=O) groups is 2. The van der Waals surface area contributed by atoms with E-state index in [0.717, 1.165) is 6.42 Å². The lowest BCUT2D eigenvalue weighted by atomic mass is 9.80. The molecule has 1 aliphatic carbocycles. The zero-order valence-electron chi connectivity index (χ0n) is 12.9. The van der Waals surface area contributed by atoms with E-state index in [1.807, 2.05) is 0 Å². The number of hydrogen-bond donors (Lipinski definition) is 3. The largest absolute Gasteiger partial charge is 0.481 e. The monoisotopic (exact) mass is 298 g/mol. The Kier molecular flexibility index (Phi) is 5.08. The van der Waals surface area contributed by atoms with Gasteiger partial charge in [0.25, 0.3) is 0 Å². The minimum absolute atomic E-state index is 0.132. The second-order valence-corrected chi connectivity index (χ2v) is 6.67. The third kappa shape index (κ3) is 3.67. The molecule has 2 amide bonds. The Morgan fingerprint density at radius 1 is 1.33 bits per heavy atom. The van der Waals surface area contributed by atoms with Crippen molar-refractivity contribution in [1.29, 1.82) is 0 Å². The van der Waals surface area contributed by atoms with Gasteiger partial charge in [-0.25, -0.2) is 4.79 Å². The summed E-state index contributed by atoms with van der Waals surface area (Å²) in [5.41, 5.74) is -1.05. The molecule has 2 fully saturated rings. The fourth-order valence-corrected chi connectivity index (χ4v) is 3.21. The predicted octanol–water partition coefficient (Wildman–Crippen LogP) is 1.60. The summed E-state index contributed by atoms with van der Waals surface area (Å²) in [4.78, 5) is 23.3. The van der Waals surface area contributed by atoms with Gasteiger partial charge >= 0.3 is 12.0 Å². The maximum atomic E-state index is 12.0. The number of carboxylic acid groups (broad SMARTS) is 1.